The van der Waals surface area contributed by atoms with E-state index in [0.29, 0.717) is 10.7 Å². The number of nitrogens with zero attached hydrogens (tertiary/aromatic N) is 1. The molecule has 2 rings (SSSR count). The number of rotatable bonds is 6. The fraction of sp³-hybridized carbons (Fsp3) is 0.200. The molecule has 0 spiro atoms. The van der Waals surface area contributed by atoms with Gasteiger partial charge in [0.25, 0.3) is 0 Å². The number of hydrogen-bond donors (Lipinski definition) is 0. The molecule has 0 amide bonds. The van der Waals surface area contributed by atoms with E-state index < -0.39 is 12.6 Å². The molecule has 0 radical (unpaired) electrons. The minimum Gasteiger partial charge on any atom is -0.493 e. The van der Waals surface area contributed by atoms with Crippen molar-refractivity contribution in [2.45, 2.75) is 13.2 Å². The van der Waals surface area contributed by atoms with Gasteiger partial charge in [-0.05, 0) is 24.3 Å². The summed E-state index contributed by atoms with van der Waals surface area (Å²) in [5, 5.41) is 0.333. The number of benzene rings is 1. The Hall–Kier alpha value is -2.41. The number of alkyl halides is 2. The van der Waals surface area contributed by atoms with E-state index in [1.807, 2.05) is 0 Å². The van der Waals surface area contributed by atoms with Crippen LogP contribution in [-0.2, 0) is 11.3 Å². The summed E-state index contributed by atoms with van der Waals surface area (Å²) in [7, 11) is 1.28. The topological polar surface area (TPSA) is 57.7 Å². The van der Waals surface area contributed by atoms with Crippen LogP contribution in [0, 0.1) is 0 Å². The lowest BCUT2D eigenvalue weighted by molar-refractivity contribution is -0.0512. The van der Waals surface area contributed by atoms with Crippen molar-refractivity contribution in [3.63, 3.8) is 0 Å². The molecule has 0 N–H and O–H groups in total. The molecule has 0 atom stereocenters. The van der Waals surface area contributed by atoms with Crippen molar-refractivity contribution in [3.05, 3.63) is 52.8 Å². The molecule has 23 heavy (non-hydrogen) atoms. The van der Waals surface area contributed by atoms with Gasteiger partial charge in [-0.3, -0.25) is 0 Å². The van der Waals surface area contributed by atoms with Gasteiger partial charge in [-0.1, -0.05) is 17.7 Å². The number of halogens is 3. The van der Waals surface area contributed by atoms with E-state index in [-0.39, 0.29) is 23.7 Å². The van der Waals surface area contributed by atoms with Gasteiger partial charge in [-0.25, -0.2) is 9.78 Å². The third-order valence-electron chi connectivity index (χ3n) is 2.77. The molecule has 0 unspecified atom stereocenters. The smallest absolute Gasteiger partial charge is 0.387 e. The zero-order valence-electron chi connectivity index (χ0n) is 12.0. The first-order valence-electron chi connectivity index (χ1n) is 6.40. The van der Waals surface area contributed by atoms with Crippen LogP contribution in [-0.4, -0.2) is 24.7 Å². The molecule has 0 bridgehead atoms. The standard InChI is InChI=1S/C15H12ClF2NO4/c1-21-12-6-10(3-4-11(12)23-15(17)18)14(20)22-8-9-2-5-13(16)19-7-9/h2-7,15H,8H2,1H3. The predicted molar refractivity (Wildman–Crippen MR) is 78.0 cm³/mol. The largest absolute Gasteiger partial charge is 0.493 e. The molecular weight excluding hydrogens is 332 g/mol. The van der Waals surface area contributed by atoms with Gasteiger partial charge in [-0.15, -0.1) is 0 Å². The van der Waals surface area contributed by atoms with Crippen LogP contribution in [0.3, 0.4) is 0 Å². The average molecular weight is 344 g/mol. The second kappa shape index (κ2) is 7.73. The number of methoxy groups -OCH3 is 1. The van der Waals surface area contributed by atoms with Gasteiger partial charge < -0.3 is 14.2 Å². The molecule has 1 aromatic heterocycles. The van der Waals surface area contributed by atoms with Gasteiger partial charge in [0, 0.05) is 11.8 Å². The molecule has 2 aromatic rings. The van der Waals surface area contributed by atoms with Crippen molar-refractivity contribution < 1.29 is 27.8 Å². The Bertz CT molecular complexity index is 680. The highest BCUT2D eigenvalue weighted by atomic mass is 35.5. The monoisotopic (exact) mass is 343 g/mol. The fourth-order valence-electron chi connectivity index (χ4n) is 1.71. The molecule has 1 heterocycles. The van der Waals surface area contributed by atoms with Crippen LogP contribution in [0.2, 0.25) is 5.15 Å². The normalized spacial score (nSPS) is 10.5. The highest BCUT2D eigenvalue weighted by Gasteiger charge is 2.15. The van der Waals surface area contributed by atoms with E-state index in [1.165, 1.54) is 31.5 Å². The number of carbonyl (C=O) groups is 1. The molecule has 122 valence electrons. The molecule has 0 aliphatic carbocycles. The number of ether oxygens (including phenoxy) is 3. The number of esters is 1. The lowest BCUT2D eigenvalue weighted by Gasteiger charge is -2.11. The zero-order valence-corrected chi connectivity index (χ0v) is 12.7. The maximum absolute atomic E-state index is 12.2. The highest BCUT2D eigenvalue weighted by molar-refractivity contribution is 6.29. The number of pyridine rings is 1. The van der Waals surface area contributed by atoms with Crippen molar-refractivity contribution in [1.82, 2.24) is 4.98 Å². The van der Waals surface area contributed by atoms with Gasteiger partial charge >= 0.3 is 12.6 Å². The summed E-state index contributed by atoms with van der Waals surface area (Å²) in [6.07, 6.45) is 1.48. The predicted octanol–water partition coefficient (Wildman–Crippen LogP) is 3.70. The maximum atomic E-state index is 12.2. The first kappa shape index (κ1) is 17.0. The van der Waals surface area contributed by atoms with Crippen molar-refractivity contribution in [1.29, 1.82) is 0 Å². The quantitative estimate of drug-likeness (QED) is 0.591. The average Bonchev–Trinajstić information content (AvgIpc) is 2.54. The third kappa shape index (κ3) is 4.79. The highest BCUT2D eigenvalue weighted by Crippen LogP contribution is 2.29. The first-order valence-corrected chi connectivity index (χ1v) is 6.78. The van der Waals surface area contributed by atoms with Gasteiger partial charge in [0.15, 0.2) is 11.5 Å². The minimum absolute atomic E-state index is 0.000598. The van der Waals surface area contributed by atoms with Crippen LogP contribution in [0.5, 0.6) is 11.5 Å². The minimum atomic E-state index is -2.99. The molecule has 8 heteroatoms. The van der Waals surface area contributed by atoms with Crippen molar-refractivity contribution in [3.8, 4) is 11.5 Å². The molecule has 1 aromatic carbocycles. The summed E-state index contributed by atoms with van der Waals surface area (Å²) in [6, 6.07) is 7.03. The van der Waals surface area contributed by atoms with E-state index in [2.05, 4.69) is 9.72 Å². The number of carbonyl (C=O) groups excluding carboxylic acids is 1. The van der Waals surface area contributed by atoms with Crippen LogP contribution in [0.1, 0.15) is 15.9 Å². The summed E-state index contributed by atoms with van der Waals surface area (Å²) in [4.78, 5) is 15.8. The lowest BCUT2D eigenvalue weighted by Crippen LogP contribution is -2.07. The van der Waals surface area contributed by atoms with Gasteiger partial charge in [0.1, 0.15) is 11.8 Å². The summed E-state index contributed by atoms with van der Waals surface area (Å²) >= 11 is 5.66. The van der Waals surface area contributed by atoms with Crippen LogP contribution < -0.4 is 9.47 Å². The zero-order chi connectivity index (χ0) is 16.8. The summed E-state index contributed by atoms with van der Waals surface area (Å²) < 4.78 is 38.8. The maximum Gasteiger partial charge on any atom is 0.387 e. The number of aromatic nitrogens is 1. The SMILES string of the molecule is COc1cc(C(=O)OCc2ccc(Cl)nc2)ccc1OC(F)F. The molecule has 0 saturated carbocycles. The van der Waals surface area contributed by atoms with Crippen molar-refractivity contribution in [2.24, 2.45) is 0 Å². The van der Waals surface area contributed by atoms with E-state index in [9.17, 15) is 13.6 Å². The summed E-state index contributed by atoms with van der Waals surface area (Å²) in [6.45, 7) is -2.99. The molecule has 0 fully saturated rings. The van der Waals surface area contributed by atoms with Crippen LogP contribution >= 0.6 is 11.6 Å². The Morgan fingerprint density at radius 2 is 2.04 bits per heavy atom. The Balaban J connectivity index is 2.05. The lowest BCUT2D eigenvalue weighted by atomic mass is 10.2. The van der Waals surface area contributed by atoms with Gasteiger partial charge in [0.05, 0.1) is 12.7 Å². The van der Waals surface area contributed by atoms with Gasteiger partial charge in [-0.2, -0.15) is 8.78 Å². The molecular formula is C15H12ClF2NO4. The van der Waals surface area contributed by atoms with Crippen molar-refractivity contribution >= 4 is 17.6 Å². The third-order valence-corrected chi connectivity index (χ3v) is 3.00. The summed E-state index contributed by atoms with van der Waals surface area (Å²) in [5.41, 5.74) is 0.803. The van der Waals surface area contributed by atoms with Crippen LogP contribution in [0.15, 0.2) is 36.5 Å². The molecule has 0 aliphatic rings. The number of hydrogen-bond acceptors (Lipinski definition) is 5. The second-order valence-electron chi connectivity index (χ2n) is 4.31. The van der Waals surface area contributed by atoms with Crippen molar-refractivity contribution in [2.75, 3.05) is 7.11 Å². The van der Waals surface area contributed by atoms with E-state index >= 15 is 0 Å². The van der Waals surface area contributed by atoms with Crippen LogP contribution in [0.4, 0.5) is 8.78 Å². The van der Waals surface area contributed by atoms with E-state index in [4.69, 9.17) is 21.1 Å². The fourth-order valence-corrected chi connectivity index (χ4v) is 1.82. The van der Waals surface area contributed by atoms with E-state index in [0.717, 1.165) is 0 Å². The molecule has 0 saturated heterocycles. The van der Waals surface area contributed by atoms with Gasteiger partial charge in [0.2, 0.25) is 0 Å². The first-order chi connectivity index (χ1) is 11.0. The second-order valence-corrected chi connectivity index (χ2v) is 4.70. The Morgan fingerprint density at radius 3 is 2.65 bits per heavy atom. The Kier molecular flexibility index (Phi) is 5.70. The molecule has 5 nitrogen and oxygen atoms in total. The Morgan fingerprint density at radius 1 is 1.26 bits per heavy atom. The van der Waals surface area contributed by atoms with E-state index in [1.54, 1.807) is 12.1 Å². The van der Waals surface area contributed by atoms with Crippen LogP contribution in [0.25, 0.3) is 0 Å². The Labute approximate surface area is 135 Å². The summed E-state index contributed by atoms with van der Waals surface area (Å²) in [5.74, 6) is -0.796. The molecule has 0 aliphatic heterocycles.